The molecular formula is C23H21N3O5S2. The van der Waals surface area contributed by atoms with Crippen LogP contribution in [0.2, 0.25) is 0 Å². The number of para-hydroxylation sites is 2. The Morgan fingerprint density at radius 2 is 1.79 bits per heavy atom. The molecule has 0 aliphatic rings. The van der Waals surface area contributed by atoms with Crippen molar-refractivity contribution in [1.82, 2.24) is 9.55 Å². The number of ether oxygens (including phenoxy) is 3. The summed E-state index contributed by atoms with van der Waals surface area (Å²) in [5.41, 5.74) is 1.53. The van der Waals surface area contributed by atoms with E-state index in [0.717, 1.165) is 0 Å². The average molecular weight is 484 g/mol. The minimum atomic E-state index is -0.251. The van der Waals surface area contributed by atoms with Gasteiger partial charge in [-0.1, -0.05) is 23.9 Å². The van der Waals surface area contributed by atoms with E-state index in [1.54, 1.807) is 50.6 Å². The maximum absolute atomic E-state index is 13.3. The highest BCUT2D eigenvalue weighted by Gasteiger charge is 2.18. The quantitative estimate of drug-likeness (QED) is 0.297. The van der Waals surface area contributed by atoms with Gasteiger partial charge in [0.2, 0.25) is 5.91 Å². The Morgan fingerprint density at radius 3 is 2.55 bits per heavy atom. The first-order valence-electron chi connectivity index (χ1n) is 9.84. The molecule has 0 bridgehead atoms. The fraction of sp³-hybridized carbons (Fsp3) is 0.174. The lowest BCUT2D eigenvalue weighted by Gasteiger charge is -2.15. The maximum atomic E-state index is 13.3. The third-order valence-electron chi connectivity index (χ3n) is 4.77. The van der Waals surface area contributed by atoms with Crippen molar-refractivity contribution in [1.29, 1.82) is 0 Å². The smallest absolute Gasteiger partial charge is 0.276 e. The number of anilines is 1. The van der Waals surface area contributed by atoms with Crippen molar-refractivity contribution >= 4 is 44.9 Å². The van der Waals surface area contributed by atoms with Crippen LogP contribution in [0.5, 0.6) is 17.2 Å². The minimum Gasteiger partial charge on any atom is -0.495 e. The van der Waals surface area contributed by atoms with Crippen molar-refractivity contribution in [3.63, 3.8) is 0 Å². The van der Waals surface area contributed by atoms with Crippen LogP contribution < -0.4 is 25.1 Å². The van der Waals surface area contributed by atoms with Gasteiger partial charge in [-0.15, -0.1) is 11.3 Å². The van der Waals surface area contributed by atoms with Crippen LogP contribution in [0, 0.1) is 0 Å². The summed E-state index contributed by atoms with van der Waals surface area (Å²) < 4.78 is 18.0. The molecule has 33 heavy (non-hydrogen) atoms. The standard InChI is InChI=1S/C23H21N3O5S2/c1-29-17-7-5-4-6-16(17)26-22(28)21-15(10-11-32-21)25-23(26)33-13-20(27)24-14-8-9-18(30-2)19(12-14)31-3/h4-12H,13H2,1-3H3,(H,24,27). The van der Waals surface area contributed by atoms with E-state index < -0.39 is 0 Å². The summed E-state index contributed by atoms with van der Waals surface area (Å²) in [5.74, 6) is 1.41. The van der Waals surface area contributed by atoms with Gasteiger partial charge < -0.3 is 19.5 Å². The lowest BCUT2D eigenvalue weighted by molar-refractivity contribution is -0.113. The zero-order valence-electron chi connectivity index (χ0n) is 18.2. The molecule has 2 heterocycles. The summed E-state index contributed by atoms with van der Waals surface area (Å²) in [5, 5.41) is 5.06. The normalized spacial score (nSPS) is 10.8. The number of nitrogens with one attached hydrogen (secondary N) is 1. The molecule has 0 saturated heterocycles. The molecule has 2 aromatic carbocycles. The first-order valence-corrected chi connectivity index (χ1v) is 11.7. The van der Waals surface area contributed by atoms with Crippen molar-refractivity contribution < 1.29 is 19.0 Å². The first-order chi connectivity index (χ1) is 16.0. The molecule has 0 aliphatic heterocycles. The van der Waals surface area contributed by atoms with Crippen molar-refractivity contribution in [2.75, 3.05) is 32.4 Å². The van der Waals surface area contributed by atoms with E-state index in [1.165, 1.54) is 34.8 Å². The van der Waals surface area contributed by atoms with Gasteiger partial charge in [-0.2, -0.15) is 0 Å². The third kappa shape index (κ3) is 4.67. The second kappa shape index (κ2) is 9.97. The second-order valence-corrected chi connectivity index (χ2v) is 8.61. The number of aromatic nitrogens is 2. The van der Waals surface area contributed by atoms with E-state index in [0.29, 0.717) is 44.0 Å². The van der Waals surface area contributed by atoms with Gasteiger partial charge in [0.15, 0.2) is 16.7 Å². The SMILES string of the molecule is COc1ccc(NC(=O)CSc2nc3ccsc3c(=O)n2-c2ccccc2OC)cc1OC. The highest BCUT2D eigenvalue weighted by molar-refractivity contribution is 7.99. The highest BCUT2D eigenvalue weighted by Crippen LogP contribution is 2.31. The summed E-state index contributed by atoms with van der Waals surface area (Å²) in [4.78, 5) is 30.6. The number of amides is 1. The Labute approximate surface area is 198 Å². The lowest BCUT2D eigenvalue weighted by Crippen LogP contribution is -2.22. The predicted molar refractivity (Wildman–Crippen MR) is 131 cm³/mol. The largest absolute Gasteiger partial charge is 0.495 e. The number of thiophene rings is 1. The lowest BCUT2D eigenvalue weighted by atomic mass is 10.2. The van der Waals surface area contributed by atoms with E-state index in [4.69, 9.17) is 14.2 Å². The Bertz CT molecular complexity index is 1370. The molecule has 0 atom stereocenters. The first kappa shape index (κ1) is 22.7. The van der Waals surface area contributed by atoms with Crippen LogP contribution in [0.4, 0.5) is 5.69 Å². The number of nitrogens with zero attached hydrogens (tertiary/aromatic N) is 2. The third-order valence-corrected chi connectivity index (χ3v) is 6.61. The number of carbonyl (C=O) groups excluding carboxylic acids is 1. The second-order valence-electron chi connectivity index (χ2n) is 6.75. The Balaban J connectivity index is 1.62. The van der Waals surface area contributed by atoms with Gasteiger partial charge in [0.1, 0.15) is 10.4 Å². The van der Waals surface area contributed by atoms with Gasteiger partial charge in [0.05, 0.1) is 38.3 Å². The van der Waals surface area contributed by atoms with Crippen molar-refractivity contribution in [3.05, 3.63) is 64.3 Å². The monoisotopic (exact) mass is 483 g/mol. The summed E-state index contributed by atoms with van der Waals surface area (Å²) in [6.45, 7) is 0. The number of thioether (sulfide) groups is 1. The summed E-state index contributed by atoms with van der Waals surface area (Å²) in [6, 6.07) is 14.1. The van der Waals surface area contributed by atoms with E-state index in [9.17, 15) is 9.59 Å². The average Bonchev–Trinajstić information content (AvgIpc) is 3.32. The van der Waals surface area contributed by atoms with Crippen LogP contribution in [0.15, 0.2) is 63.9 Å². The number of fused-ring (bicyclic) bond motifs is 1. The van der Waals surface area contributed by atoms with E-state index >= 15 is 0 Å². The zero-order valence-corrected chi connectivity index (χ0v) is 19.8. The summed E-state index contributed by atoms with van der Waals surface area (Å²) in [6.07, 6.45) is 0. The zero-order chi connectivity index (χ0) is 23.4. The molecule has 4 aromatic rings. The van der Waals surface area contributed by atoms with Crippen LogP contribution in [-0.2, 0) is 4.79 Å². The van der Waals surface area contributed by atoms with Crippen LogP contribution in [0.3, 0.4) is 0 Å². The van der Waals surface area contributed by atoms with E-state index in [-0.39, 0.29) is 17.2 Å². The topological polar surface area (TPSA) is 91.7 Å². The van der Waals surface area contributed by atoms with Gasteiger partial charge in [-0.3, -0.25) is 14.2 Å². The van der Waals surface area contributed by atoms with Gasteiger partial charge in [-0.25, -0.2) is 4.98 Å². The molecule has 0 aliphatic carbocycles. The van der Waals surface area contributed by atoms with Crippen LogP contribution in [0.25, 0.3) is 15.9 Å². The Hall–Kier alpha value is -3.50. The van der Waals surface area contributed by atoms with E-state index in [1.807, 2.05) is 17.5 Å². The fourth-order valence-corrected chi connectivity index (χ4v) is 4.82. The van der Waals surface area contributed by atoms with Crippen molar-refractivity contribution in [3.8, 4) is 22.9 Å². The van der Waals surface area contributed by atoms with Gasteiger partial charge in [0.25, 0.3) is 5.56 Å². The molecule has 0 radical (unpaired) electrons. The molecule has 10 heteroatoms. The van der Waals surface area contributed by atoms with E-state index in [2.05, 4.69) is 10.3 Å². The maximum Gasteiger partial charge on any atom is 0.276 e. The summed E-state index contributed by atoms with van der Waals surface area (Å²) >= 11 is 2.50. The molecule has 1 N–H and O–H groups in total. The minimum absolute atomic E-state index is 0.0472. The van der Waals surface area contributed by atoms with Crippen LogP contribution in [-0.4, -0.2) is 42.5 Å². The fourth-order valence-electron chi connectivity index (χ4n) is 3.26. The number of carbonyl (C=O) groups is 1. The molecule has 0 unspecified atom stereocenters. The van der Waals surface area contributed by atoms with Crippen molar-refractivity contribution in [2.45, 2.75) is 5.16 Å². The Kier molecular flexibility index (Phi) is 6.85. The predicted octanol–water partition coefficient (Wildman–Crippen LogP) is 4.20. The summed E-state index contributed by atoms with van der Waals surface area (Å²) in [7, 11) is 4.62. The molecule has 4 rings (SSSR count). The van der Waals surface area contributed by atoms with Crippen molar-refractivity contribution in [2.24, 2.45) is 0 Å². The molecule has 0 spiro atoms. The van der Waals surface area contributed by atoms with Gasteiger partial charge in [0, 0.05) is 11.8 Å². The number of methoxy groups -OCH3 is 3. The Morgan fingerprint density at radius 1 is 1.03 bits per heavy atom. The van der Waals surface area contributed by atoms with Gasteiger partial charge in [-0.05, 0) is 35.7 Å². The molecule has 0 fully saturated rings. The molecule has 8 nitrogen and oxygen atoms in total. The number of hydrogen-bond donors (Lipinski definition) is 1. The van der Waals surface area contributed by atoms with Gasteiger partial charge >= 0.3 is 0 Å². The van der Waals surface area contributed by atoms with Crippen LogP contribution in [0.1, 0.15) is 0 Å². The molecule has 1 amide bonds. The number of hydrogen-bond acceptors (Lipinski definition) is 8. The molecule has 170 valence electrons. The number of benzene rings is 2. The molecule has 2 aromatic heterocycles. The molecule has 0 saturated carbocycles. The molecular weight excluding hydrogens is 462 g/mol. The number of rotatable bonds is 8. The van der Waals surface area contributed by atoms with Crippen LogP contribution >= 0.6 is 23.1 Å². The highest BCUT2D eigenvalue weighted by atomic mass is 32.2.